The Labute approximate surface area is 126 Å². The highest BCUT2D eigenvalue weighted by molar-refractivity contribution is 5.48. The van der Waals surface area contributed by atoms with Gasteiger partial charge in [0.2, 0.25) is 0 Å². The SMILES string of the molecule is CCNC(c1ccc(F)cc1)c1c(C)cc(C)cc1OC. The molecule has 112 valence electrons. The molecule has 21 heavy (non-hydrogen) atoms. The molecule has 2 nitrogen and oxygen atoms in total. The van der Waals surface area contributed by atoms with Crippen LogP contribution < -0.4 is 10.1 Å². The van der Waals surface area contributed by atoms with Crippen LogP contribution in [-0.4, -0.2) is 13.7 Å². The third-order valence-corrected chi connectivity index (χ3v) is 3.61. The highest BCUT2D eigenvalue weighted by atomic mass is 19.1. The number of aryl methyl sites for hydroxylation is 2. The molecule has 3 heteroatoms. The van der Waals surface area contributed by atoms with E-state index < -0.39 is 0 Å². The second-order valence-electron chi connectivity index (χ2n) is 5.24. The third kappa shape index (κ3) is 3.42. The summed E-state index contributed by atoms with van der Waals surface area (Å²) in [4.78, 5) is 0. The lowest BCUT2D eigenvalue weighted by Crippen LogP contribution is -2.23. The summed E-state index contributed by atoms with van der Waals surface area (Å²) in [6, 6.07) is 10.8. The van der Waals surface area contributed by atoms with Crippen LogP contribution in [0, 0.1) is 19.7 Å². The molecule has 1 unspecified atom stereocenters. The van der Waals surface area contributed by atoms with E-state index in [-0.39, 0.29) is 11.9 Å². The highest BCUT2D eigenvalue weighted by Gasteiger charge is 2.20. The van der Waals surface area contributed by atoms with E-state index in [1.165, 1.54) is 23.3 Å². The lowest BCUT2D eigenvalue weighted by atomic mass is 9.92. The van der Waals surface area contributed by atoms with Crippen LogP contribution in [0.1, 0.15) is 35.2 Å². The average molecular weight is 287 g/mol. The first-order chi connectivity index (χ1) is 10.1. The van der Waals surface area contributed by atoms with E-state index in [4.69, 9.17) is 4.74 Å². The van der Waals surface area contributed by atoms with Crippen LogP contribution >= 0.6 is 0 Å². The summed E-state index contributed by atoms with van der Waals surface area (Å²) in [5, 5.41) is 3.47. The van der Waals surface area contributed by atoms with E-state index in [1.807, 2.05) is 18.2 Å². The molecule has 0 aromatic heterocycles. The Hall–Kier alpha value is -1.87. The Morgan fingerprint density at radius 2 is 1.81 bits per heavy atom. The summed E-state index contributed by atoms with van der Waals surface area (Å²) in [6.07, 6.45) is 0. The van der Waals surface area contributed by atoms with Crippen LogP contribution in [-0.2, 0) is 0 Å². The zero-order valence-corrected chi connectivity index (χ0v) is 13.0. The van der Waals surface area contributed by atoms with E-state index in [0.717, 1.165) is 23.4 Å². The highest BCUT2D eigenvalue weighted by Crippen LogP contribution is 2.34. The maximum atomic E-state index is 13.2. The molecule has 2 aromatic carbocycles. The van der Waals surface area contributed by atoms with Crippen LogP contribution in [0.3, 0.4) is 0 Å². The molecule has 2 aromatic rings. The summed E-state index contributed by atoms with van der Waals surface area (Å²) in [5.74, 6) is 0.643. The minimum atomic E-state index is -0.221. The van der Waals surface area contributed by atoms with Crippen molar-refractivity contribution in [2.45, 2.75) is 26.8 Å². The molecular weight excluding hydrogens is 265 g/mol. The minimum absolute atomic E-state index is 0.00819. The van der Waals surface area contributed by atoms with Crippen molar-refractivity contribution in [2.24, 2.45) is 0 Å². The van der Waals surface area contributed by atoms with Gasteiger partial charge in [0.1, 0.15) is 11.6 Å². The van der Waals surface area contributed by atoms with Crippen molar-refractivity contribution in [3.05, 3.63) is 64.5 Å². The van der Waals surface area contributed by atoms with Gasteiger partial charge < -0.3 is 10.1 Å². The smallest absolute Gasteiger partial charge is 0.124 e. The Balaban J connectivity index is 2.55. The van der Waals surface area contributed by atoms with Crippen molar-refractivity contribution in [3.63, 3.8) is 0 Å². The molecule has 0 radical (unpaired) electrons. The second-order valence-corrected chi connectivity index (χ2v) is 5.24. The molecule has 0 amide bonds. The quantitative estimate of drug-likeness (QED) is 0.892. The zero-order valence-electron chi connectivity index (χ0n) is 13.0. The lowest BCUT2D eigenvalue weighted by Gasteiger charge is -2.24. The topological polar surface area (TPSA) is 21.3 Å². The fourth-order valence-corrected chi connectivity index (χ4v) is 2.72. The fraction of sp³-hybridized carbons (Fsp3) is 0.333. The molecule has 2 rings (SSSR count). The van der Waals surface area contributed by atoms with Crippen molar-refractivity contribution in [3.8, 4) is 5.75 Å². The molecule has 0 aliphatic carbocycles. The van der Waals surface area contributed by atoms with Crippen LogP contribution in [0.4, 0.5) is 4.39 Å². The van der Waals surface area contributed by atoms with Gasteiger partial charge in [-0.1, -0.05) is 25.1 Å². The van der Waals surface area contributed by atoms with E-state index in [9.17, 15) is 4.39 Å². The number of hydrogen-bond acceptors (Lipinski definition) is 2. The molecule has 1 atom stereocenters. The van der Waals surface area contributed by atoms with Crippen molar-refractivity contribution >= 4 is 0 Å². The first kappa shape index (κ1) is 15.5. The van der Waals surface area contributed by atoms with E-state index >= 15 is 0 Å². The Bertz CT molecular complexity index is 607. The number of benzene rings is 2. The number of rotatable bonds is 5. The van der Waals surface area contributed by atoms with Crippen LogP contribution in [0.15, 0.2) is 36.4 Å². The molecule has 0 aliphatic heterocycles. The van der Waals surface area contributed by atoms with Gasteiger partial charge in [0.05, 0.1) is 13.2 Å². The molecule has 0 aliphatic rings. The first-order valence-corrected chi connectivity index (χ1v) is 7.20. The fourth-order valence-electron chi connectivity index (χ4n) is 2.72. The molecule has 1 N–H and O–H groups in total. The van der Waals surface area contributed by atoms with Gasteiger partial charge in [-0.2, -0.15) is 0 Å². The molecule has 0 heterocycles. The standard InChI is InChI=1S/C18H22FNO/c1-5-20-18(14-6-8-15(19)9-7-14)17-13(3)10-12(2)11-16(17)21-4/h6-11,18,20H,5H2,1-4H3. The van der Waals surface area contributed by atoms with Gasteiger partial charge in [-0.05, 0) is 55.3 Å². The third-order valence-electron chi connectivity index (χ3n) is 3.61. The van der Waals surface area contributed by atoms with Gasteiger partial charge in [0, 0.05) is 5.56 Å². The largest absolute Gasteiger partial charge is 0.496 e. The molecule has 0 bridgehead atoms. The maximum absolute atomic E-state index is 13.2. The number of ether oxygens (including phenoxy) is 1. The van der Waals surface area contributed by atoms with E-state index in [2.05, 4.69) is 32.2 Å². The van der Waals surface area contributed by atoms with E-state index in [1.54, 1.807) is 7.11 Å². The molecule has 0 saturated heterocycles. The lowest BCUT2D eigenvalue weighted by molar-refractivity contribution is 0.403. The Morgan fingerprint density at radius 1 is 1.14 bits per heavy atom. The summed E-state index contributed by atoms with van der Waals surface area (Å²) in [5.41, 5.74) is 4.48. The van der Waals surface area contributed by atoms with Crippen molar-refractivity contribution in [1.29, 1.82) is 0 Å². The van der Waals surface area contributed by atoms with Crippen LogP contribution in [0.2, 0.25) is 0 Å². The van der Waals surface area contributed by atoms with Gasteiger partial charge in [0.25, 0.3) is 0 Å². The number of hydrogen-bond donors (Lipinski definition) is 1. The van der Waals surface area contributed by atoms with Gasteiger partial charge in [-0.3, -0.25) is 0 Å². The minimum Gasteiger partial charge on any atom is -0.496 e. The van der Waals surface area contributed by atoms with Crippen LogP contribution in [0.25, 0.3) is 0 Å². The Kier molecular flexibility index (Phi) is 4.97. The Morgan fingerprint density at radius 3 is 2.38 bits per heavy atom. The summed E-state index contributed by atoms with van der Waals surface area (Å²) >= 11 is 0. The average Bonchev–Trinajstić information content (AvgIpc) is 2.46. The van der Waals surface area contributed by atoms with Crippen molar-refractivity contribution < 1.29 is 9.13 Å². The number of halogens is 1. The van der Waals surface area contributed by atoms with Crippen LogP contribution in [0.5, 0.6) is 5.75 Å². The predicted molar refractivity (Wildman–Crippen MR) is 84.4 cm³/mol. The monoisotopic (exact) mass is 287 g/mol. The summed E-state index contributed by atoms with van der Waals surface area (Å²) in [6.45, 7) is 7.02. The normalized spacial score (nSPS) is 12.2. The first-order valence-electron chi connectivity index (χ1n) is 7.20. The van der Waals surface area contributed by atoms with Gasteiger partial charge in [0.15, 0.2) is 0 Å². The van der Waals surface area contributed by atoms with Crippen molar-refractivity contribution in [1.82, 2.24) is 5.32 Å². The second kappa shape index (κ2) is 6.72. The van der Waals surface area contributed by atoms with Gasteiger partial charge in [-0.15, -0.1) is 0 Å². The number of nitrogens with one attached hydrogen (secondary N) is 1. The molecule has 0 fully saturated rings. The van der Waals surface area contributed by atoms with E-state index in [0.29, 0.717) is 0 Å². The van der Waals surface area contributed by atoms with Gasteiger partial charge >= 0.3 is 0 Å². The predicted octanol–water partition coefficient (Wildman–Crippen LogP) is 4.15. The molecular formula is C18H22FNO. The van der Waals surface area contributed by atoms with Crippen molar-refractivity contribution in [2.75, 3.05) is 13.7 Å². The zero-order chi connectivity index (χ0) is 15.4. The van der Waals surface area contributed by atoms with Gasteiger partial charge in [-0.25, -0.2) is 4.39 Å². The summed E-state index contributed by atoms with van der Waals surface area (Å²) < 4.78 is 18.7. The summed E-state index contributed by atoms with van der Waals surface area (Å²) in [7, 11) is 1.69. The number of methoxy groups -OCH3 is 1. The maximum Gasteiger partial charge on any atom is 0.124 e. The molecule has 0 saturated carbocycles. The molecule has 0 spiro atoms.